The van der Waals surface area contributed by atoms with Crippen molar-refractivity contribution in [3.05, 3.63) is 58.8 Å². The van der Waals surface area contributed by atoms with Crippen molar-refractivity contribution in [3.8, 4) is 0 Å². The van der Waals surface area contributed by atoms with Crippen LogP contribution in [-0.4, -0.2) is 25.6 Å². The molecule has 3 aromatic rings. The van der Waals surface area contributed by atoms with Gasteiger partial charge >= 0.3 is 0 Å². The molecule has 2 aromatic heterocycles. The fraction of sp³-hybridized carbons (Fsp3) is 0.278. The van der Waals surface area contributed by atoms with E-state index in [1.54, 1.807) is 0 Å². The third-order valence-corrected chi connectivity index (χ3v) is 5.10. The van der Waals surface area contributed by atoms with Gasteiger partial charge in [0.25, 0.3) is 0 Å². The van der Waals surface area contributed by atoms with Crippen LogP contribution in [0, 0.1) is 20.8 Å². The number of hydrogen-bond donors (Lipinski definition) is 0. The van der Waals surface area contributed by atoms with Crippen LogP contribution >= 0.6 is 11.8 Å². The fourth-order valence-electron chi connectivity index (χ4n) is 2.56. The van der Waals surface area contributed by atoms with E-state index >= 15 is 0 Å². The Morgan fingerprint density at radius 2 is 1.83 bits per heavy atom. The van der Waals surface area contributed by atoms with Gasteiger partial charge in [-0.3, -0.25) is 9.20 Å². The van der Waals surface area contributed by atoms with E-state index in [4.69, 9.17) is 0 Å². The average molecular weight is 325 g/mol. The summed E-state index contributed by atoms with van der Waals surface area (Å²) in [4.78, 5) is 12.8. The Balaban J connectivity index is 1.87. The Morgan fingerprint density at radius 3 is 2.61 bits per heavy atom. The summed E-state index contributed by atoms with van der Waals surface area (Å²) in [5, 5.41) is 8.84. The zero-order chi connectivity index (χ0) is 16.6. The molecule has 1 aromatic carbocycles. The first kappa shape index (κ1) is 15.7. The first-order valence-electron chi connectivity index (χ1n) is 7.56. The molecule has 118 valence electrons. The third kappa shape index (κ3) is 3.01. The molecule has 0 bridgehead atoms. The fourth-order valence-corrected chi connectivity index (χ4v) is 3.46. The summed E-state index contributed by atoms with van der Waals surface area (Å²) in [6.07, 6.45) is 1.91. The minimum Gasteiger partial charge on any atom is -0.293 e. The van der Waals surface area contributed by atoms with Crippen LogP contribution in [0.4, 0.5) is 0 Å². The van der Waals surface area contributed by atoms with Gasteiger partial charge in [0.2, 0.25) is 0 Å². The Kier molecular flexibility index (Phi) is 4.22. The number of hydrogen-bond acceptors (Lipinski definition) is 4. The van der Waals surface area contributed by atoms with Gasteiger partial charge in [0, 0.05) is 11.8 Å². The number of aromatic nitrogens is 3. The molecular weight excluding hydrogens is 306 g/mol. The highest BCUT2D eigenvalue weighted by Crippen LogP contribution is 2.26. The zero-order valence-electron chi connectivity index (χ0n) is 13.7. The summed E-state index contributed by atoms with van der Waals surface area (Å²) >= 11 is 1.44. The van der Waals surface area contributed by atoms with Gasteiger partial charge in [-0.1, -0.05) is 23.9 Å². The van der Waals surface area contributed by atoms with Crippen molar-refractivity contribution in [1.29, 1.82) is 0 Å². The van der Waals surface area contributed by atoms with Crippen LogP contribution in [-0.2, 0) is 0 Å². The van der Waals surface area contributed by atoms with Crippen LogP contribution in [0.25, 0.3) is 5.65 Å². The molecule has 0 fully saturated rings. The molecule has 0 aliphatic carbocycles. The molecular formula is C18H19N3OS. The number of fused-ring (bicyclic) bond motifs is 1. The summed E-state index contributed by atoms with van der Waals surface area (Å²) in [5.41, 5.74) is 4.96. The molecule has 2 heterocycles. The van der Waals surface area contributed by atoms with Crippen LogP contribution in [0.1, 0.15) is 34.0 Å². The topological polar surface area (TPSA) is 47.3 Å². The van der Waals surface area contributed by atoms with Crippen molar-refractivity contribution in [2.75, 3.05) is 0 Å². The molecule has 0 unspecified atom stereocenters. The van der Waals surface area contributed by atoms with E-state index in [0.29, 0.717) is 0 Å². The number of rotatable bonds is 4. The number of Topliss-reactive ketones (excluding diaryl/α,β-unsaturated/α-hetero) is 1. The molecule has 0 aliphatic heterocycles. The monoisotopic (exact) mass is 325 g/mol. The minimum atomic E-state index is -0.219. The van der Waals surface area contributed by atoms with E-state index in [2.05, 4.69) is 23.2 Å². The van der Waals surface area contributed by atoms with Crippen molar-refractivity contribution in [1.82, 2.24) is 14.6 Å². The van der Waals surface area contributed by atoms with Crippen LogP contribution in [0.3, 0.4) is 0 Å². The molecule has 1 atom stereocenters. The number of benzene rings is 1. The maximum Gasteiger partial charge on any atom is 0.196 e. The normalized spacial score (nSPS) is 12.5. The van der Waals surface area contributed by atoms with Gasteiger partial charge in [-0.15, -0.1) is 10.2 Å². The lowest BCUT2D eigenvalue weighted by atomic mass is 9.97. The highest BCUT2D eigenvalue weighted by atomic mass is 32.2. The molecule has 0 aliphatic rings. The van der Waals surface area contributed by atoms with Crippen LogP contribution in [0.2, 0.25) is 0 Å². The maximum absolute atomic E-state index is 12.8. The molecule has 5 heteroatoms. The van der Waals surface area contributed by atoms with E-state index in [0.717, 1.165) is 27.5 Å². The van der Waals surface area contributed by atoms with Crippen molar-refractivity contribution in [2.24, 2.45) is 0 Å². The Morgan fingerprint density at radius 1 is 1.09 bits per heavy atom. The van der Waals surface area contributed by atoms with Gasteiger partial charge in [-0.2, -0.15) is 0 Å². The lowest BCUT2D eigenvalue weighted by Crippen LogP contribution is -2.16. The van der Waals surface area contributed by atoms with E-state index in [1.807, 2.05) is 55.6 Å². The second-order valence-corrected chi connectivity index (χ2v) is 7.10. The molecule has 0 radical (unpaired) electrons. The number of thioether (sulfide) groups is 1. The Hall–Kier alpha value is -2.14. The van der Waals surface area contributed by atoms with E-state index in [-0.39, 0.29) is 11.0 Å². The second-order valence-electron chi connectivity index (χ2n) is 5.79. The molecule has 0 amide bonds. The van der Waals surface area contributed by atoms with Crippen LogP contribution in [0.15, 0.2) is 41.7 Å². The van der Waals surface area contributed by atoms with Crippen molar-refractivity contribution < 1.29 is 4.79 Å². The SMILES string of the molecule is Cc1cc(C)c(C(=O)[C@@H](C)Sc2nnc3ccccn23)cc1C. The summed E-state index contributed by atoms with van der Waals surface area (Å²) in [6, 6.07) is 9.82. The van der Waals surface area contributed by atoms with E-state index in [9.17, 15) is 4.79 Å². The molecule has 23 heavy (non-hydrogen) atoms. The molecule has 0 N–H and O–H groups in total. The highest BCUT2D eigenvalue weighted by Gasteiger charge is 2.21. The summed E-state index contributed by atoms with van der Waals surface area (Å²) < 4.78 is 1.90. The lowest BCUT2D eigenvalue weighted by Gasteiger charge is -2.13. The quantitative estimate of drug-likeness (QED) is 0.537. The number of aryl methyl sites for hydroxylation is 3. The first-order valence-corrected chi connectivity index (χ1v) is 8.44. The predicted molar refractivity (Wildman–Crippen MR) is 93.3 cm³/mol. The van der Waals surface area contributed by atoms with E-state index in [1.165, 1.54) is 17.3 Å². The molecule has 3 rings (SSSR count). The number of pyridine rings is 1. The highest BCUT2D eigenvalue weighted by molar-refractivity contribution is 8.00. The second kappa shape index (κ2) is 6.16. The van der Waals surface area contributed by atoms with Crippen LogP contribution < -0.4 is 0 Å². The maximum atomic E-state index is 12.8. The van der Waals surface area contributed by atoms with Gasteiger partial charge in [0.15, 0.2) is 16.6 Å². The Bertz CT molecular complexity index is 885. The first-order chi connectivity index (χ1) is 11.0. The largest absolute Gasteiger partial charge is 0.293 e. The van der Waals surface area contributed by atoms with E-state index < -0.39 is 0 Å². The van der Waals surface area contributed by atoms with Crippen molar-refractivity contribution in [3.63, 3.8) is 0 Å². The van der Waals surface area contributed by atoms with Gasteiger partial charge in [0.1, 0.15) is 0 Å². The van der Waals surface area contributed by atoms with Crippen molar-refractivity contribution >= 4 is 23.2 Å². The molecule has 0 spiro atoms. The molecule has 0 saturated carbocycles. The summed E-state index contributed by atoms with van der Waals surface area (Å²) in [6.45, 7) is 8.02. The van der Waals surface area contributed by atoms with Gasteiger partial charge in [-0.05, 0) is 62.6 Å². The van der Waals surface area contributed by atoms with Crippen molar-refractivity contribution in [2.45, 2.75) is 38.1 Å². The third-order valence-electron chi connectivity index (χ3n) is 4.04. The summed E-state index contributed by atoms with van der Waals surface area (Å²) in [7, 11) is 0. The number of nitrogens with zero attached hydrogens (tertiary/aromatic N) is 3. The standard InChI is InChI=1S/C18H19N3OS/c1-11-9-13(3)15(10-12(11)2)17(22)14(4)23-18-20-19-16-7-5-6-8-21(16)18/h5-10,14H,1-4H3/t14-/m1/s1. The number of ketones is 1. The van der Waals surface area contributed by atoms with Gasteiger partial charge < -0.3 is 0 Å². The predicted octanol–water partition coefficient (Wildman–Crippen LogP) is 4.02. The average Bonchev–Trinajstić information content (AvgIpc) is 2.93. The summed E-state index contributed by atoms with van der Waals surface area (Å²) in [5.74, 6) is 0.128. The molecule has 0 saturated heterocycles. The lowest BCUT2D eigenvalue weighted by molar-refractivity contribution is 0.0993. The molecule has 4 nitrogen and oxygen atoms in total. The number of carbonyl (C=O) groups excluding carboxylic acids is 1. The van der Waals surface area contributed by atoms with Gasteiger partial charge in [-0.25, -0.2) is 0 Å². The van der Waals surface area contributed by atoms with Gasteiger partial charge in [0.05, 0.1) is 5.25 Å². The van der Waals surface area contributed by atoms with Crippen LogP contribution in [0.5, 0.6) is 0 Å². The Labute approximate surface area is 139 Å². The number of carbonyl (C=O) groups is 1. The minimum absolute atomic E-state index is 0.128. The smallest absolute Gasteiger partial charge is 0.196 e. The zero-order valence-corrected chi connectivity index (χ0v) is 14.5.